The second-order valence-electron chi connectivity index (χ2n) is 5.17. The Balaban J connectivity index is 2.34. The molecule has 0 aromatic heterocycles. The van der Waals surface area contributed by atoms with Crippen molar-refractivity contribution in [1.82, 2.24) is 5.32 Å². The van der Waals surface area contributed by atoms with Crippen molar-refractivity contribution in [1.29, 1.82) is 0 Å². The lowest BCUT2D eigenvalue weighted by Crippen LogP contribution is -2.32. The van der Waals surface area contributed by atoms with E-state index >= 15 is 0 Å². The highest BCUT2D eigenvalue weighted by atomic mass is 16.5. The van der Waals surface area contributed by atoms with Crippen molar-refractivity contribution in [2.24, 2.45) is 0 Å². The van der Waals surface area contributed by atoms with E-state index in [-0.39, 0.29) is 0 Å². The molecule has 0 bridgehead atoms. The van der Waals surface area contributed by atoms with Crippen molar-refractivity contribution in [3.05, 3.63) is 28.8 Å². The van der Waals surface area contributed by atoms with E-state index in [2.05, 4.69) is 45.1 Å². The van der Waals surface area contributed by atoms with Gasteiger partial charge in [-0.15, -0.1) is 0 Å². The Morgan fingerprint density at radius 3 is 2.82 bits per heavy atom. The summed E-state index contributed by atoms with van der Waals surface area (Å²) < 4.78 is 5.99. The van der Waals surface area contributed by atoms with E-state index in [9.17, 15) is 0 Å². The molecule has 0 aliphatic carbocycles. The van der Waals surface area contributed by atoms with Crippen LogP contribution >= 0.6 is 0 Å². The molecular weight excluding hydrogens is 210 g/mol. The Labute approximate surface area is 104 Å². The lowest BCUT2D eigenvalue weighted by Gasteiger charge is -2.32. The van der Waals surface area contributed by atoms with Crippen molar-refractivity contribution in [3.8, 4) is 5.75 Å². The van der Waals surface area contributed by atoms with Gasteiger partial charge in [0.2, 0.25) is 0 Å². The molecule has 17 heavy (non-hydrogen) atoms. The third-order valence-electron chi connectivity index (χ3n) is 3.35. The Morgan fingerprint density at radius 2 is 2.12 bits per heavy atom. The predicted octanol–water partition coefficient (Wildman–Crippen LogP) is 3.52. The lowest BCUT2D eigenvalue weighted by molar-refractivity contribution is 0.165. The van der Waals surface area contributed by atoms with E-state index < -0.39 is 0 Å². The van der Waals surface area contributed by atoms with Gasteiger partial charge in [-0.25, -0.2) is 0 Å². The standard InChI is InChI=1S/C15H23NO/c1-5-6-16-14-9-12(4)17-15-11(3)7-10(2)8-13(14)15/h7-8,12,14,16H,5-6,9H2,1-4H3. The molecule has 1 aliphatic heterocycles. The summed E-state index contributed by atoms with van der Waals surface area (Å²) >= 11 is 0. The summed E-state index contributed by atoms with van der Waals surface area (Å²) in [6.07, 6.45) is 2.54. The molecule has 0 radical (unpaired) electrons. The predicted molar refractivity (Wildman–Crippen MR) is 71.7 cm³/mol. The molecule has 0 saturated heterocycles. The van der Waals surface area contributed by atoms with Gasteiger partial charge in [0.05, 0.1) is 6.10 Å². The van der Waals surface area contributed by atoms with Crippen LogP contribution < -0.4 is 10.1 Å². The average Bonchev–Trinajstić information content (AvgIpc) is 2.27. The summed E-state index contributed by atoms with van der Waals surface area (Å²) in [6, 6.07) is 4.92. The summed E-state index contributed by atoms with van der Waals surface area (Å²) in [7, 11) is 0. The van der Waals surface area contributed by atoms with Crippen LogP contribution in [0.1, 0.15) is 49.4 Å². The molecule has 2 atom stereocenters. The van der Waals surface area contributed by atoms with Crippen LogP contribution in [0.15, 0.2) is 12.1 Å². The minimum absolute atomic E-state index is 0.304. The largest absolute Gasteiger partial charge is 0.490 e. The number of ether oxygens (including phenoxy) is 1. The first-order valence-corrected chi connectivity index (χ1v) is 6.63. The van der Waals surface area contributed by atoms with Crippen LogP contribution in [0.5, 0.6) is 5.75 Å². The number of rotatable bonds is 3. The number of fused-ring (bicyclic) bond motifs is 1. The van der Waals surface area contributed by atoms with Crippen LogP contribution in [0, 0.1) is 13.8 Å². The quantitative estimate of drug-likeness (QED) is 0.862. The van der Waals surface area contributed by atoms with Crippen molar-refractivity contribution >= 4 is 0 Å². The number of aryl methyl sites for hydroxylation is 2. The maximum absolute atomic E-state index is 5.99. The van der Waals surface area contributed by atoms with E-state index in [4.69, 9.17) is 4.74 Å². The van der Waals surface area contributed by atoms with Crippen molar-refractivity contribution in [3.63, 3.8) is 0 Å². The van der Waals surface area contributed by atoms with Gasteiger partial charge in [0.25, 0.3) is 0 Å². The third-order valence-corrected chi connectivity index (χ3v) is 3.35. The van der Waals surface area contributed by atoms with Crippen molar-refractivity contribution in [2.75, 3.05) is 6.54 Å². The summed E-state index contributed by atoms with van der Waals surface area (Å²) in [5, 5.41) is 3.63. The van der Waals surface area contributed by atoms with Crippen LogP contribution in [-0.4, -0.2) is 12.6 Å². The smallest absolute Gasteiger partial charge is 0.127 e. The first-order valence-electron chi connectivity index (χ1n) is 6.63. The maximum atomic E-state index is 5.99. The topological polar surface area (TPSA) is 21.3 Å². The zero-order chi connectivity index (χ0) is 12.4. The van der Waals surface area contributed by atoms with Gasteiger partial charge >= 0.3 is 0 Å². The highest BCUT2D eigenvalue weighted by Crippen LogP contribution is 2.37. The van der Waals surface area contributed by atoms with Crippen molar-refractivity contribution < 1.29 is 4.74 Å². The Morgan fingerprint density at radius 1 is 1.35 bits per heavy atom. The van der Waals surface area contributed by atoms with E-state index in [1.54, 1.807) is 0 Å². The molecule has 1 aliphatic rings. The molecule has 2 heteroatoms. The number of hydrogen-bond acceptors (Lipinski definition) is 2. The number of nitrogens with one attached hydrogen (secondary N) is 1. The second kappa shape index (κ2) is 5.09. The number of benzene rings is 1. The molecule has 1 heterocycles. The molecule has 94 valence electrons. The fourth-order valence-corrected chi connectivity index (χ4v) is 2.63. The second-order valence-corrected chi connectivity index (χ2v) is 5.17. The molecule has 2 rings (SSSR count). The SMILES string of the molecule is CCCNC1CC(C)Oc2c(C)cc(C)cc21. The van der Waals surface area contributed by atoms with Gasteiger partial charge in [0, 0.05) is 18.0 Å². The molecule has 1 aromatic rings. The fraction of sp³-hybridized carbons (Fsp3) is 0.600. The monoisotopic (exact) mass is 233 g/mol. The third kappa shape index (κ3) is 2.63. The van der Waals surface area contributed by atoms with Gasteiger partial charge < -0.3 is 10.1 Å². The molecule has 2 unspecified atom stereocenters. The van der Waals surface area contributed by atoms with Gasteiger partial charge in [0.15, 0.2) is 0 Å². The summed E-state index contributed by atoms with van der Waals surface area (Å²) in [6.45, 7) is 9.73. The zero-order valence-electron chi connectivity index (χ0n) is 11.3. The minimum atomic E-state index is 0.304. The van der Waals surface area contributed by atoms with Crippen LogP contribution in [0.25, 0.3) is 0 Å². The van der Waals surface area contributed by atoms with Gasteiger partial charge in [0.1, 0.15) is 5.75 Å². The van der Waals surface area contributed by atoms with Gasteiger partial charge in [-0.1, -0.05) is 24.6 Å². The minimum Gasteiger partial charge on any atom is -0.490 e. The van der Waals surface area contributed by atoms with E-state index in [0.717, 1.165) is 18.7 Å². The van der Waals surface area contributed by atoms with Crippen LogP contribution in [0.3, 0.4) is 0 Å². The molecular formula is C15H23NO. The Hall–Kier alpha value is -1.02. The molecule has 1 N–H and O–H groups in total. The molecule has 2 nitrogen and oxygen atoms in total. The van der Waals surface area contributed by atoms with Gasteiger partial charge in [-0.3, -0.25) is 0 Å². The summed E-state index contributed by atoms with van der Waals surface area (Å²) in [5.74, 6) is 1.10. The molecule has 0 spiro atoms. The first-order chi connectivity index (χ1) is 8.11. The van der Waals surface area contributed by atoms with Crippen LogP contribution in [-0.2, 0) is 0 Å². The first kappa shape index (κ1) is 12.4. The molecule has 0 amide bonds. The summed E-state index contributed by atoms with van der Waals surface area (Å²) in [4.78, 5) is 0. The zero-order valence-corrected chi connectivity index (χ0v) is 11.3. The van der Waals surface area contributed by atoms with Crippen molar-refractivity contribution in [2.45, 2.75) is 52.7 Å². The Bertz CT molecular complexity index is 400. The normalized spacial score (nSPS) is 23.1. The van der Waals surface area contributed by atoms with Gasteiger partial charge in [-0.05, 0) is 39.3 Å². The fourth-order valence-electron chi connectivity index (χ4n) is 2.63. The lowest BCUT2D eigenvalue weighted by atomic mass is 9.93. The molecule has 0 fully saturated rings. The highest BCUT2D eigenvalue weighted by molar-refractivity contribution is 5.46. The maximum Gasteiger partial charge on any atom is 0.127 e. The van der Waals surface area contributed by atoms with Gasteiger partial charge in [-0.2, -0.15) is 0 Å². The van der Waals surface area contributed by atoms with E-state index in [1.807, 2.05) is 0 Å². The number of hydrogen-bond donors (Lipinski definition) is 1. The summed E-state index contributed by atoms with van der Waals surface area (Å²) in [5.41, 5.74) is 3.92. The molecule has 0 saturated carbocycles. The average molecular weight is 233 g/mol. The van der Waals surface area contributed by atoms with Crippen LogP contribution in [0.2, 0.25) is 0 Å². The Kier molecular flexibility index (Phi) is 3.72. The van der Waals surface area contributed by atoms with Crippen LogP contribution in [0.4, 0.5) is 0 Å². The van der Waals surface area contributed by atoms with E-state index in [1.165, 1.54) is 23.1 Å². The molecule has 1 aromatic carbocycles. The van der Waals surface area contributed by atoms with E-state index in [0.29, 0.717) is 12.1 Å². The highest BCUT2D eigenvalue weighted by Gasteiger charge is 2.26.